The van der Waals surface area contributed by atoms with Gasteiger partial charge in [0, 0.05) is 19.6 Å². The van der Waals surface area contributed by atoms with E-state index in [9.17, 15) is 0 Å². The molecular formula is C17H14BrIN2. The Balaban J connectivity index is 2.21. The molecule has 0 saturated carbocycles. The van der Waals surface area contributed by atoms with Crippen LogP contribution in [0.2, 0.25) is 0 Å². The van der Waals surface area contributed by atoms with Crippen molar-refractivity contribution in [1.82, 2.24) is 10.3 Å². The van der Waals surface area contributed by atoms with Gasteiger partial charge >= 0.3 is 0 Å². The van der Waals surface area contributed by atoms with Crippen molar-refractivity contribution in [3.05, 3.63) is 73.9 Å². The van der Waals surface area contributed by atoms with E-state index in [2.05, 4.69) is 91.3 Å². The first kappa shape index (κ1) is 14.9. The van der Waals surface area contributed by atoms with Crippen LogP contribution >= 0.6 is 38.5 Å². The number of halogens is 2. The lowest BCUT2D eigenvalue weighted by atomic mass is 9.96. The molecule has 1 atom stereocenters. The van der Waals surface area contributed by atoms with Crippen LogP contribution in [0.1, 0.15) is 17.2 Å². The highest BCUT2D eigenvalue weighted by Crippen LogP contribution is 2.32. The Morgan fingerprint density at radius 1 is 1.10 bits per heavy atom. The number of nitrogens with one attached hydrogen (secondary N) is 1. The zero-order valence-electron chi connectivity index (χ0n) is 11.5. The number of hydrogen-bond donors (Lipinski definition) is 1. The molecule has 3 rings (SSSR count). The van der Waals surface area contributed by atoms with Crippen molar-refractivity contribution in [2.75, 3.05) is 7.05 Å². The van der Waals surface area contributed by atoms with Crippen LogP contribution in [0.4, 0.5) is 0 Å². The smallest absolute Gasteiger partial charge is 0.0753 e. The lowest BCUT2D eigenvalue weighted by Gasteiger charge is -2.20. The molecule has 2 aromatic carbocycles. The minimum Gasteiger partial charge on any atom is -0.309 e. The standard InChI is InChI=1S/C17H14BrIN2/c1-20-17(14-10-12(19)7-8-15(14)18)13-6-2-4-11-5-3-9-21-16(11)13/h2-10,17,20H,1H3. The third kappa shape index (κ3) is 2.98. The maximum Gasteiger partial charge on any atom is 0.0753 e. The summed E-state index contributed by atoms with van der Waals surface area (Å²) in [5, 5.41) is 4.59. The van der Waals surface area contributed by atoms with E-state index in [0.29, 0.717) is 0 Å². The van der Waals surface area contributed by atoms with E-state index in [1.165, 1.54) is 14.7 Å². The fraction of sp³-hybridized carbons (Fsp3) is 0.118. The molecule has 0 bridgehead atoms. The predicted molar refractivity (Wildman–Crippen MR) is 99.5 cm³/mol. The van der Waals surface area contributed by atoms with Gasteiger partial charge in [-0.25, -0.2) is 0 Å². The highest BCUT2D eigenvalue weighted by atomic mass is 127. The number of hydrogen-bond acceptors (Lipinski definition) is 2. The van der Waals surface area contributed by atoms with E-state index < -0.39 is 0 Å². The van der Waals surface area contributed by atoms with Crippen molar-refractivity contribution in [3.63, 3.8) is 0 Å². The Morgan fingerprint density at radius 3 is 2.71 bits per heavy atom. The third-order valence-electron chi connectivity index (χ3n) is 3.53. The van der Waals surface area contributed by atoms with Crippen LogP contribution in [0.15, 0.2) is 59.2 Å². The molecule has 0 spiro atoms. The molecule has 21 heavy (non-hydrogen) atoms. The summed E-state index contributed by atoms with van der Waals surface area (Å²) in [4.78, 5) is 4.57. The van der Waals surface area contributed by atoms with Gasteiger partial charge < -0.3 is 5.32 Å². The largest absolute Gasteiger partial charge is 0.309 e. The van der Waals surface area contributed by atoms with Crippen LogP contribution in [0.25, 0.3) is 10.9 Å². The maximum atomic E-state index is 4.57. The van der Waals surface area contributed by atoms with Crippen LogP contribution in [0.5, 0.6) is 0 Å². The Bertz CT molecular complexity index is 783. The SMILES string of the molecule is CNC(c1cc(I)ccc1Br)c1cccc2cccnc12. The van der Waals surface area contributed by atoms with Crippen molar-refractivity contribution >= 4 is 49.4 Å². The fourth-order valence-corrected chi connectivity index (χ4v) is 3.57. The average molecular weight is 453 g/mol. The van der Waals surface area contributed by atoms with E-state index in [4.69, 9.17) is 0 Å². The van der Waals surface area contributed by atoms with Crippen molar-refractivity contribution in [2.45, 2.75) is 6.04 Å². The monoisotopic (exact) mass is 452 g/mol. The first-order valence-corrected chi connectivity index (χ1v) is 8.53. The summed E-state index contributed by atoms with van der Waals surface area (Å²) in [6, 6.07) is 16.9. The van der Waals surface area contributed by atoms with Gasteiger partial charge in [-0.15, -0.1) is 0 Å². The van der Waals surface area contributed by atoms with Crippen molar-refractivity contribution in [1.29, 1.82) is 0 Å². The molecule has 2 nitrogen and oxygen atoms in total. The number of para-hydroxylation sites is 1. The Hall–Kier alpha value is -0.980. The molecule has 0 radical (unpaired) electrons. The number of pyridine rings is 1. The van der Waals surface area contributed by atoms with E-state index in [1.54, 1.807) is 0 Å². The van der Waals surface area contributed by atoms with Gasteiger partial charge in [0.05, 0.1) is 11.6 Å². The molecule has 106 valence electrons. The minimum absolute atomic E-state index is 0.104. The molecule has 0 aliphatic carbocycles. The Kier molecular flexibility index (Phi) is 4.57. The quantitative estimate of drug-likeness (QED) is 0.571. The summed E-state index contributed by atoms with van der Waals surface area (Å²) in [5.41, 5.74) is 3.46. The van der Waals surface area contributed by atoms with E-state index in [-0.39, 0.29) is 6.04 Å². The Labute approximate surface area is 146 Å². The molecule has 4 heteroatoms. The van der Waals surface area contributed by atoms with E-state index in [1.807, 2.05) is 19.3 Å². The number of benzene rings is 2. The van der Waals surface area contributed by atoms with Gasteiger partial charge in [-0.3, -0.25) is 4.98 Å². The van der Waals surface area contributed by atoms with Crippen LogP contribution in [0, 0.1) is 3.57 Å². The van der Waals surface area contributed by atoms with Gasteiger partial charge in [0.1, 0.15) is 0 Å². The molecule has 1 aromatic heterocycles. The summed E-state index contributed by atoms with van der Waals surface area (Å²) < 4.78 is 2.33. The molecule has 1 unspecified atom stereocenters. The second kappa shape index (κ2) is 6.42. The predicted octanol–water partition coefficient (Wildman–Crippen LogP) is 4.91. The number of aromatic nitrogens is 1. The highest BCUT2D eigenvalue weighted by Gasteiger charge is 2.18. The van der Waals surface area contributed by atoms with Gasteiger partial charge in [-0.2, -0.15) is 0 Å². The lowest BCUT2D eigenvalue weighted by molar-refractivity contribution is 0.692. The topological polar surface area (TPSA) is 24.9 Å². The second-order valence-electron chi connectivity index (χ2n) is 4.81. The molecule has 1 heterocycles. The van der Waals surface area contributed by atoms with Gasteiger partial charge in [0.2, 0.25) is 0 Å². The molecule has 0 amide bonds. The number of fused-ring (bicyclic) bond motifs is 1. The van der Waals surface area contributed by atoms with Crippen molar-refractivity contribution in [3.8, 4) is 0 Å². The zero-order valence-corrected chi connectivity index (χ0v) is 15.2. The molecular weight excluding hydrogens is 439 g/mol. The van der Waals surface area contributed by atoms with Crippen LogP contribution in [-0.4, -0.2) is 12.0 Å². The fourth-order valence-electron chi connectivity index (χ4n) is 2.58. The highest BCUT2D eigenvalue weighted by molar-refractivity contribution is 14.1. The summed E-state index contributed by atoms with van der Waals surface area (Å²) in [7, 11) is 1.98. The van der Waals surface area contributed by atoms with E-state index in [0.717, 1.165) is 15.4 Å². The van der Waals surface area contributed by atoms with Crippen LogP contribution in [-0.2, 0) is 0 Å². The lowest BCUT2D eigenvalue weighted by Crippen LogP contribution is -2.19. The number of nitrogens with zero attached hydrogens (tertiary/aromatic N) is 1. The molecule has 0 saturated heterocycles. The molecule has 1 N–H and O–H groups in total. The molecule has 3 aromatic rings. The van der Waals surface area contributed by atoms with Gasteiger partial charge in [-0.05, 0) is 65.0 Å². The maximum absolute atomic E-state index is 4.57. The summed E-state index contributed by atoms with van der Waals surface area (Å²) in [6.45, 7) is 0. The first-order valence-electron chi connectivity index (χ1n) is 6.66. The molecule has 0 aliphatic rings. The second-order valence-corrected chi connectivity index (χ2v) is 6.91. The third-order valence-corrected chi connectivity index (χ3v) is 4.93. The summed E-state index contributed by atoms with van der Waals surface area (Å²) in [5.74, 6) is 0. The average Bonchev–Trinajstić information content (AvgIpc) is 2.51. The first-order chi connectivity index (χ1) is 10.2. The van der Waals surface area contributed by atoms with Gasteiger partial charge in [-0.1, -0.05) is 40.2 Å². The molecule has 0 aliphatic heterocycles. The zero-order chi connectivity index (χ0) is 14.8. The van der Waals surface area contributed by atoms with Crippen molar-refractivity contribution in [2.24, 2.45) is 0 Å². The van der Waals surface area contributed by atoms with E-state index >= 15 is 0 Å². The van der Waals surface area contributed by atoms with Crippen LogP contribution in [0.3, 0.4) is 0 Å². The summed E-state index contributed by atoms with van der Waals surface area (Å²) in [6.07, 6.45) is 1.85. The van der Waals surface area contributed by atoms with Crippen molar-refractivity contribution < 1.29 is 0 Å². The molecule has 0 fully saturated rings. The van der Waals surface area contributed by atoms with Crippen LogP contribution < -0.4 is 5.32 Å². The normalized spacial score (nSPS) is 12.5. The summed E-state index contributed by atoms with van der Waals surface area (Å²) >= 11 is 6.01. The Morgan fingerprint density at radius 2 is 1.90 bits per heavy atom. The minimum atomic E-state index is 0.104. The van der Waals surface area contributed by atoms with Gasteiger partial charge in [0.25, 0.3) is 0 Å². The number of rotatable bonds is 3. The van der Waals surface area contributed by atoms with Gasteiger partial charge in [0.15, 0.2) is 0 Å².